The van der Waals surface area contributed by atoms with Gasteiger partial charge in [-0.05, 0) is 112 Å². The number of allylic oxidation sites excluding steroid dienone is 1. The van der Waals surface area contributed by atoms with Crippen LogP contribution in [0.1, 0.15) is 62.8 Å². The Bertz CT molecular complexity index is 1530. The molecule has 2 amide bonds. The molecule has 42 heavy (non-hydrogen) atoms. The van der Waals surface area contributed by atoms with Crippen molar-refractivity contribution in [2.24, 2.45) is 0 Å². The van der Waals surface area contributed by atoms with Crippen molar-refractivity contribution in [3.8, 4) is 0 Å². The van der Waals surface area contributed by atoms with Crippen LogP contribution < -0.4 is 16.2 Å². The maximum absolute atomic E-state index is 13.4. The van der Waals surface area contributed by atoms with Gasteiger partial charge in [0.15, 0.2) is 0 Å². The molecule has 3 aromatic rings. The zero-order valence-corrected chi connectivity index (χ0v) is 24.2. The van der Waals surface area contributed by atoms with Crippen molar-refractivity contribution < 1.29 is 9.59 Å². The molecule has 220 valence electrons. The molecule has 3 aliphatic heterocycles. The first kappa shape index (κ1) is 28.3. The summed E-state index contributed by atoms with van der Waals surface area (Å²) in [6, 6.07) is 13.2. The molecule has 0 spiro atoms. The molecule has 0 bridgehead atoms. The van der Waals surface area contributed by atoms with Crippen molar-refractivity contribution in [1.29, 1.82) is 0 Å². The van der Waals surface area contributed by atoms with Crippen LogP contribution in [0.5, 0.6) is 0 Å². The molecule has 6 rings (SSSR count). The molecular formula is C33H40N6O3. The van der Waals surface area contributed by atoms with Crippen LogP contribution >= 0.6 is 0 Å². The summed E-state index contributed by atoms with van der Waals surface area (Å²) in [4.78, 5) is 47.9. The lowest BCUT2D eigenvalue weighted by atomic mass is 10.0. The van der Waals surface area contributed by atoms with Crippen molar-refractivity contribution in [1.82, 2.24) is 19.4 Å². The zero-order valence-electron chi connectivity index (χ0n) is 24.2. The molecule has 2 aromatic carbocycles. The lowest BCUT2D eigenvalue weighted by molar-refractivity contribution is -0.117. The van der Waals surface area contributed by atoms with Crippen molar-refractivity contribution in [2.45, 2.75) is 57.9 Å². The van der Waals surface area contributed by atoms with Gasteiger partial charge in [-0.2, -0.15) is 0 Å². The molecule has 1 aromatic heterocycles. The van der Waals surface area contributed by atoms with Gasteiger partial charge in [-0.25, -0.2) is 4.98 Å². The highest BCUT2D eigenvalue weighted by Crippen LogP contribution is 2.28. The molecule has 0 radical (unpaired) electrons. The van der Waals surface area contributed by atoms with Gasteiger partial charge >= 0.3 is 0 Å². The fourth-order valence-electron chi connectivity index (χ4n) is 6.27. The second-order valence-corrected chi connectivity index (χ2v) is 11.7. The number of hydrogen-bond donors (Lipinski definition) is 2. The van der Waals surface area contributed by atoms with E-state index < -0.39 is 0 Å². The van der Waals surface area contributed by atoms with Gasteiger partial charge in [0.2, 0.25) is 11.8 Å². The van der Waals surface area contributed by atoms with Gasteiger partial charge in [0.1, 0.15) is 5.82 Å². The van der Waals surface area contributed by atoms with Gasteiger partial charge in [-0.15, -0.1) is 0 Å². The molecule has 2 saturated heterocycles. The van der Waals surface area contributed by atoms with Crippen LogP contribution in [-0.2, 0) is 16.1 Å². The summed E-state index contributed by atoms with van der Waals surface area (Å²) >= 11 is 0. The van der Waals surface area contributed by atoms with Crippen molar-refractivity contribution in [2.75, 3.05) is 49.9 Å². The van der Waals surface area contributed by atoms with E-state index in [1.54, 1.807) is 22.8 Å². The number of nitrogens with one attached hydrogen (secondary N) is 2. The van der Waals surface area contributed by atoms with Gasteiger partial charge in [0.05, 0.1) is 10.9 Å². The van der Waals surface area contributed by atoms with Crippen LogP contribution in [0.4, 0.5) is 11.4 Å². The number of hydrogen-bond acceptors (Lipinski definition) is 6. The normalized spacial score (nSPS) is 18.4. The fraction of sp³-hybridized carbons (Fsp3) is 0.455. The SMILES string of the molecule is O=C(CCN1CCCC1)Nc1ccc(/C=C2\CCCn3c2nc2cc(NC(=O)CCN4CCCC4)ccc2c3=O)cc1. The topological polar surface area (TPSA) is 99.6 Å². The number of fused-ring (bicyclic) bond motifs is 2. The Morgan fingerprint density at radius 3 is 2.00 bits per heavy atom. The Balaban J connectivity index is 1.15. The third kappa shape index (κ3) is 6.79. The maximum Gasteiger partial charge on any atom is 0.261 e. The fourth-order valence-corrected chi connectivity index (χ4v) is 6.27. The van der Waals surface area contributed by atoms with Gasteiger partial charge in [-0.3, -0.25) is 19.0 Å². The lowest BCUT2D eigenvalue weighted by Crippen LogP contribution is -2.28. The summed E-state index contributed by atoms with van der Waals surface area (Å²) < 4.78 is 1.76. The summed E-state index contributed by atoms with van der Waals surface area (Å²) in [5, 5.41) is 6.55. The average molecular weight is 569 g/mol. The van der Waals surface area contributed by atoms with E-state index in [4.69, 9.17) is 4.98 Å². The van der Waals surface area contributed by atoms with Crippen LogP contribution in [0.15, 0.2) is 47.3 Å². The van der Waals surface area contributed by atoms with Gasteiger partial charge in [0, 0.05) is 43.9 Å². The third-order valence-electron chi connectivity index (χ3n) is 8.60. The summed E-state index contributed by atoms with van der Waals surface area (Å²) in [6.45, 7) is 6.53. The number of amides is 2. The first-order valence-electron chi connectivity index (χ1n) is 15.4. The second kappa shape index (κ2) is 13.0. The molecule has 4 heterocycles. The van der Waals surface area contributed by atoms with E-state index in [0.29, 0.717) is 41.8 Å². The molecule has 0 atom stereocenters. The van der Waals surface area contributed by atoms with Crippen LogP contribution in [0.3, 0.4) is 0 Å². The molecule has 9 nitrogen and oxygen atoms in total. The Labute approximate surface area is 246 Å². The summed E-state index contributed by atoms with van der Waals surface area (Å²) in [7, 11) is 0. The highest BCUT2D eigenvalue weighted by molar-refractivity contribution is 5.94. The third-order valence-corrected chi connectivity index (χ3v) is 8.60. The molecule has 0 saturated carbocycles. The van der Waals surface area contributed by atoms with Gasteiger partial charge in [0.25, 0.3) is 5.56 Å². The number of aromatic nitrogens is 2. The first-order chi connectivity index (χ1) is 20.5. The summed E-state index contributed by atoms with van der Waals surface area (Å²) in [5.74, 6) is 0.685. The highest BCUT2D eigenvalue weighted by atomic mass is 16.2. The largest absolute Gasteiger partial charge is 0.326 e. The number of likely N-dealkylation sites (tertiary alicyclic amines) is 2. The second-order valence-electron chi connectivity index (χ2n) is 11.7. The van der Waals surface area contributed by atoms with E-state index in [0.717, 1.165) is 68.9 Å². The number of nitrogens with zero attached hydrogens (tertiary/aromatic N) is 4. The Morgan fingerprint density at radius 1 is 0.762 bits per heavy atom. The predicted octanol–water partition coefficient (Wildman–Crippen LogP) is 4.58. The quantitative estimate of drug-likeness (QED) is 0.392. The number of anilines is 2. The Hall–Kier alpha value is -3.82. The van der Waals surface area contributed by atoms with E-state index in [2.05, 4.69) is 26.5 Å². The van der Waals surface area contributed by atoms with Crippen LogP contribution in [0.2, 0.25) is 0 Å². The van der Waals surface area contributed by atoms with Crippen LogP contribution in [0, 0.1) is 0 Å². The van der Waals surface area contributed by atoms with Crippen LogP contribution in [-0.4, -0.2) is 70.4 Å². The number of rotatable bonds is 9. The molecule has 2 N–H and O–H groups in total. The zero-order chi connectivity index (χ0) is 28.9. The summed E-state index contributed by atoms with van der Waals surface area (Å²) in [6.07, 6.45) is 9.57. The minimum atomic E-state index is -0.0560. The number of carbonyl (C=O) groups is 2. The monoisotopic (exact) mass is 568 g/mol. The minimum absolute atomic E-state index is 0.0252. The number of benzene rings is 2. The van der Waals surface area contributed by atoms with Crippen molar-refractivity contribution in [3.63, 3.8) is 0 Å². The predicted molar refractivity (Wildman–Crippen MR) is 167 cm³/mol. The maximum atomic E-state index is 13.4. The molecular weight excluding hydrogens is 528 g/mol. The van der Waals surface area contributed by atoms with E-state index in [-0.39, 0.29) is 17.4 Å². The van der Waals surface area contributed by atoms with Crippen molar-refractivity contribution >= 4 is 45.7 Å². The van der Waals surface area contributed by atoms with Crippen molar-refractivity contribution in [3.05, 3.63) is 64.2 Å². The molecule has 3 aliphatic rings. The van der Waals surface area contributed by atoms with E-state index in [9.17, 15) is 14.4 Å². The van der Waals surface area contributed by atoms with Crippen LogP contribution in [0.25, 0.3) is 22.6 Å². The molecule has 0 unspecified atom stereocenters. The summed E-state index contributed by atoms with van der Waals surface area (Å²) in [5.41, 5.74) is 3.96. The minimum Gasteiger partial charge on any atom is -0.326 e. The average Bonchev–Trinajstić information content (AvgIpc) is 3.71. The molecule has 9 heteroatoms. The van der Waals surface area contributed by atoms with E-state index in [1.807, 2.05) is 24.3 Å². The number of carbonyl (C=O) groups excluding carboxylic acids is 2. The highest BCUT2D eigenvalue weighted by Gasteiger charge is 2.20. The van der Waals surface area contributed by atoms with E-state index >= 15 is 0 Å². The van der Waals surface area contributed by atoms with Gasteiger partial charge in [-0.1, -0.05) is 12.1 Å². The molecule has 0 aliphatic carbocycles. The smallest absolute Gasteiger partial charge is 0.261 e. The lowest BCUT2D eigenvalue weighted by Gasteiger charge is -2.21. The Kier molecular flexibility index (Phi) is 8.76. The standard InChI is InChI=1S/C33H40N6O3/c40-30(13-20-37-15-1-2-16-37)34-26-9-7-24(8-10-26)22-25-6-5-19-39-32(25)36-29-23-27(11-12-28(29)33(39)42)35-31(41)14-21-38-17-3-4-18-38/h7-12,22-23H,1-6,13-21H2,(H,34,40)(H,35,41)/b25-22+. The van der Waals surface area contributed by atoms with Gasteiger partial charge < -0.3 is 20.4 Å². The van der Waals surface area contributed by atoms with E-state index in [1.165, 1.54) is 25.7 Å². The first-order valence-corrected chi connectivity index (χ1v) is 15.4. The molecule has 2 fully saturated rings. The Morgan fingerprint density at radius 2 is 1.36 bits per heavy atom.